The van der Waals surface area contributed by atoms with Crippen LogP contribution in [0.15, 0.2) is 12.1 Å². The Labute approximate surface area is 207 Å². The van der Waals surface area contributed by atoms with Crippen molar-refractivity contribution in [2.45, 2.75) is 38.5 Å². The van der Waals surface area contributed by atoms with Gasteiger partial charge in [0.05, 0.1) is 19.7 Å². The highest BCUT2D eigenvalue weighted by molar-refractivity contribution is 6.27. The second-order valence-electron chi connectivity index (χ2n) is 8.38. The second-order valence-corrected chi connectivity index (χ2v) is 8.65. The van der Waals surface area contributed by atoms with Crippen LogP contribution in [0, 0.1) is 0 Å². The number of unbranched alkanes of at least 4 members (excludes halogenated alkanes) is 4. The Hall–Kier alpha value is -2.52. The van der Waals surface area contributed by atoms with Gasteiger partial charge < -0.3 is 30.3 Å². The van der Waals surface area contributed by atoms with E-state index < -0.39 is 0 Å². The molecule has 0 spiro atoms. The smallest absolute Gasteiger partial charge is 0.234 e. The van der Waals surface area contributed by atoms with E-state index in [-0.39, 0.29) is 11.8 Å². The number of halogens is 1. The van der Waals surface area contributed by atoms with Crippen molar-refractivity contribution in [1.82, 2.24) is 20.2 Å². The first-order valence-corrected chi connectivity index (χ1v) is 12.4. The highest BCUT2D eigenvalue weighted by Crippen LogP contribution is 2.34. The summed E-state index contributed by atoms with van der Waals surface area (Å²) in [5.41, 5.74) is 0.776. The number of methoxy groups -OCH3 is 2. The average molecular weight is 495 g/mol. The molecule has 190 valence electrons. The number of rotatable bonds is 17. The number of amides is 1. The molecule has 9 nitrogen and oxygen atoms in total. The van der Waals surface area contributed by atoms with Crippen LogP contribution in [0.4, 0.5) is 11.8 Å². The Balaban J connectivity index is 2.02. The number of fused-ring (bicyclic) bond motifs is 1. The molecule has 1 amide bonds. The number of ether oxygens (including phenoxy) is 2. The third-order valence-electron chi connectivity index (χ3n) is 5.36. The number of hydrogen-bond acceptors (Lipinski definition) is 8. The van der Waals surface area contributed by atoms with E-state index in [1.54, 1.807) is 14.2 Å². The standard InChI is InChI=1S/C24H39ClN6O3/c1-31(2)14-10-6-5-7-12-27-23-18-15-20(33-3)21(34-4)16-19(18)29-24(30-23)28-13-9-8-11-26-22(32)17-25/h15-16H,5-14,17H2,1-4H3,(H,26,32)(H2,27,28,29,30). The van der Waals surface area contributed by atoms with Crippen LogP contribution in [0.2, 0.25) is 0 Å². The van der Waals surface area contributed by atoms with Gasteiger partial charge in [0.15, 0.2) is 11.5 Å². The molecular weight excluding hydrogens is 456 g/mol. The van der Waals surface area contributed by atoms with Crippen molar-refractivity contribution in [3.8, 4) is 11.5 Å². The van der Waals surface area contributed by atoms with E-state index in [2.05, 4.69) is 39.9 Å². The first-order chi connectivity index (χ1) is 16.5. The topological polar surface area (TPSA) is 101 Å². The molecule has 2 aromatic rings. The number of carbonyl (C=O) groups excluding carboxylic acids is 1. The van der Waals surface area contributed by atoms with Crippen molar-refractivity contribution in [1.29, 1.82) is 0 Å². The minimum absolute atomic E-state index is 0.0106. The Bertz CT molecular complexity index is 897. The quantitative estimate of drug-likeness (QED) is 0.226. The zero-order chi connectivity index (χ0) is 24.8. The number of carbonyl (C=O) groups is 1. The second kappa shape index (κ2) is 15.4. The fraction of sp³-hybridized carbons (Fsp3) is 0.625. The number of aromatic nitrogens is 2. The van der Waals surface area contributed by atoms with Gasteiger partial charge in [-0.15, -0.1) is 11.6 Å². The molecule has 10 heteroatoms. The fourth-order valence-electron chi connectivity index (χ4n) is 3.51. The van der Waals surface area contributed by atoms with E-state index in [0.717, 1.165) is 49.1 Å². The lowest BCUT2D eigenvalue weighted by Gasteiger charge is -2.14. The molecule has 2 rings (SSSR count). The highest BCUT2D eigenvalue weighted by Gasteiger charge is 2.13. The maximum absolute atomic E-state index is 11.2. The van der Waals surface area contributed by atoms with Gasteiger partial charge in [-0.25, -0.2) is 4.98 Å². The summed E-state index contributed by atoms with van der Waals surface area (Å²) >= 11 is 5.49. The van der Waals surface area contributed by atoms with Crippen molar-refractivity contribution in [3.63, 3.8) is 0 Å². The third kappa shape index (κ3) is 9.38. The molecular formula is C24H39ClN6O3. The molecule has 0 aliphatic rings. The van der Waals surface area contributed by atoms with Gasteiger partial charge in [-0.2, -0.15) is 4.98 Å². The van der Waals surface area contributed by atoms with E-state index in [4.69, 9.17) is 26.1 Å². The molecule has 1 aromatic heterocycles. The van der Waals surface area contributed by atoms with Crippen LogP contribution >= 0.6 is 11.6 Å². The highest BCUT2D eigenvalue weighted by atomic mass is 35.5. The van der Waals surface area contributed by atoms with Crippen molar-refractivity contribution < 1.29 is 14.3 Å². The van der Waals surface area contributed by atoms with E-state index in [0.29, 0.717) is 30.5 Å². The number of hydrogen-bond donors (Lipinski definition) is 3. The first kappa shape index (κ1) is 27.7. The molecule has 0 unspecified atom stereocenters. The molecule has 1 heterocycles. The normalized spacial score (nSPS) is 11.0. The lowest BCUT2D eigenvalue weighted by molar-refractivity contribution is -0.118. The Morgan fingerprint density at radius 3 is 2.26 bits per heavy atom. The minimum atomic E-state index is -0.148. The average Bonchev–Trinajstić information content (AvgIpc) is 2.84. The van der Waals surface area contributed by atoms with Crippen LogP contribution in [0.3, 0.4) is 0 Å². The summed E-state index contributed by atoms with van der Waals surface area (Å²) in [6.45, 7) is 3.26. The van der Waals surface area contributed by atoms with E-state index >= 15 is 0 Å². The van der Waals surface area contributed by atoms with Gasteiger partial charge in [-0.3, -0.25) is 4.79 Å². The van der Waals surface area contributed by atoms with Crippen molar-refractivity contribution in [2.24, 2.45) is 0 Å². The lowest BCUT2D eigenvalue weighted by atomic mass is 10.1. The number of anilines is 2. The Morgan fingerprint density at radius 1 is 0.912 bits per heavy atom. The van der Waals surface area contributed by atoms with Crippen LogP contribution in [-0.2, 0) is 4.79 Å². The molecule has 0 fully saturated rings. The van der Waals surface area contributed by atoms with Gasteiger partial charge in [-0.05, 0) is 52.4 Å². The number of nitrogens with zero attached hydrogens (tertiary/aromatic N) is 3. The molecule has 0 aliphatic carbocycles. The molecule has 0 atom stereocenters. The van der Waals surface area contributed by atoms with Gasteiger partial charge in [0, 0.05) is 31.1 Å². The van der Waals surface area contributed by atoms with Crippen molar-refractivity contribution in [3.05, 3.63) is 12.1 Å². The zero-order valence-corrected chi connectivity index (χ0v) is 21.6. The van der Waals surface area contributed by atoms with Crippen LogP contribution in [0.5, 0.6) is 11.5 Å². The van der Waals surface area contributed by atoms with Gasteiger partial charge >= 0.3 is 0 Å². The molecule has 34 heavy (non-hydrogen) atoms. The maximum Gasteiger partial charge on any atom is 0.234 e. The van der Waals surface area contributed by atoms with Gasteiger partial charge in [-0.1, -0.05) is 12.8 Å². The molecule has 0 radical (unpaired) electrons. The van der Waals surface area contributed by atoms with Crippen molar-refractivity contribution in [2.75, 3.05) is 71.0 Å². The monoisotopic (exact) mass is 494 g/mol. The summed E-state index contributed by atoms with van der Waals surface area (Å²) in [4.78, 5) is 22.8. The van der Waals surface area contributed by atoms with Gasteiger partial charge in [0.1, 0.15) is 11.7 Å². The van der Waals surface area contributed by atoms with Gasteiger partial charge in [0.25, 0.3) is 0 Å². The summed E-state index contributed by atoms with van der Waals surface area (Å²) < 4.78 is 10.9. The molecule has 0 bridgehead atoms. The largest absolute Gasteiger partial charge is 0.493 e. The number of alkyl halides is 1. The molecule has 3 N–H and O–H groups in total. The maximum atomic E-state index is 11.2. The molecule has 0 aliphatic heterocycles. The molecule has 0 saturated carbocycles. The third-order valence-corrected chi connectivity index (χ3v) is 5.60. The van der Waals surface area contributed by atoms with Crippen LogP contribution in [0.1, 0.15) is 38.5 Å². The minimum Gasteiger partial charge on any atom is -0.493 e. The summed E-state index contributed by atoms with van der Waals surface area (Å²) in [5, 5.41) is 10.4. The number of benzene rings is 1. The van der Waals surface area contributed by atoms with E-state index in [1.165, 1.54) is 19.3 Å². The lowest BCUT2D eigenvalue weighted by Crippen LogP contribution is -2.25. The summed E-state index contributed by atoms with van der Waals surface area (Å²) in [6.07, 6.45) is 6.38. The van der Waals surface area contributed by atoms with E-state index in [9.17, 15) is 4.79 Å². The molecule has 0 saturated heterocycles. The van der Waals surface area contributed by atoms with Crippen LogP contribution in [0.25, 0.3) is 10.9 Å². The van der Waals surface area contributed by atoms with Crippen molar-refractivity contribution >= 4 is 40.2 Å². The Kier molecular flexibility index (Phi) is 12.6. The predicted octanol–water partition coefficient (Wildman–Crippen LogP) is 3.73. The SMILES string of the molecule is COc1cc2nc(NCCCCNC(=O)CCl)nc(NCCCCCCN(C)C)c2cc1OC. The van der Waals surface area contributed by atoms with Crippen LogP contribution < -0.4 is 25.4 Å². The fourth-order valence-corrected chi connectivity index (χ4v) is 3.60. The molecule has 1 aromatic carbocycles. The van der Waals surface area contributed by atoms with Crippen LogP contribution in [-0.4, -0.2) is 81.1 Å². The number of nitrogens with one attached hydrogen (secondary N) is 3. The summed E-state index contributed by atoms with van der Waals surface area (Å²) in [6, 6.07) is 3.78. The first-order valence-electron chi connectivity index (χ1n) is 11.9. The summed E-state index contributed by atoms with van der Waals surface area (Å²) in [7, 11) is 7.45. The zero-order valence-electron chi connectivity index (χ0n) is 20.9. The van der Waals surface area contributed by atoms with E-state index in [1.807, 2.05) is 12.1 Å². The van der Waals surface area contributed by atoms with Gasteiger partial charge in [0.2, 0.25) is 11.9 Å². The predicted molar refractivity (Wildman–Crippen MR) is 140 cm³/mol. The summed E-state index contributed by atoms with van der Waals surface area (Å²) in [5.74, 6) is 2.44. The Morgan fingerprint density at radius 2 is 1.56 bits per heavy atom.